The van der Waals surface area contributed by atoms with E-state index >= 15 is 0 Å². The van der Waals surface area contributed by atoms with Crippen LogP contribution in [0.2, 0.25) is 0 Å². The first-order valence-corrected chi connectivity index (χ1v) is 6.04. The lowest BCUT2D eigenvalue weighted by Gasteiger charge is -2.34. The number of hydrogen-bond donors (Lipinski definition) is 1. The molecule has 0 aromatic carbocycles. The maximum Gasteiger partial charge on any atom is 0.00471 e. The largest absolute Gasteiger partial charge is 0.316 e. The second kappa shape index (κ2) is 7.24. The molecule has 0 bridgehead atoms. The van der Waals surface area contributed by atoms with Crippen molar-refractivity contribution in [1.82, 2.24) is 10.2 Å². The molecule has 0 radical (unpaired) electrons. The molecule has 1 N–H and O–H groups in total. The van der Waals surface area contributed by atoms with Crippen LogP contribution in [0.4, 0.5) is 0 Å². The van der Waals surface area contributed by atoms with Gasteiger partial charge in [-0.25, -0.2) is 0 Å². The molecule has 0 spiro atoms. The van der Waals surface area contributed by atoms with E-state index in [4.69, 9.17) is 0 Å². The van der Waals surface area contributed by atoms with Gasteiger partial charge < -0.3 is 10.2 Å². The molecule has 1 unspecified atom stereocenters. The molecule has 86 valence electrons. The summed E-state index contributed by atoms with van der Waals surface area (Å²) in [6.45, 7) is 17.1. The molecule has 0 aliphatic heterocycles. The smallest absolute Gasteiger partial charge is 0.00471 e. The molecular formula is C12H28N2. The minimum Gasteiger partial charge on any atom is -0.316 e. The first-order valence-electron chi connectivity index (χ1n) is 6.04. The summed E-state index contributed by atoms with van der Waals surface area (Å²) in [5.41, 5.74) is 0.433. The Balaban J connectivity index is 4.07. The van der Waals surface area contributed by atoms with Crippen LogP contribution < -0.4 is 5.32 Å². The molecule has 0 aromatic rings. The molecule has 2 nitrogen and oxygen atoms in total. The lowest BCUT2D eigenvalue weighted by atomic mass is 9.86. The Morgan fingerprint density at radius 3 is 2.00 bits per heavy atom. The van der Waals surface area contributed by atoms with Crippen LogP contribution in [0.5, 0.6) is 0 Å². The summed E-state index contributed by atoms with van der Waals surface area (Å²) in [5.74, 6) is 0. The van der Waals surface area contributed by atoms with Gasteiger partial charge >= 0.3 is 0 Å². The fourth-order valence-corrected chi connectivity index (χ4v) is 1.71. The third-order valence-corrected chi connectivity index (χ3v) is 3.16. The predicted molar refractivity (Wildman–Crippen MR) is 64.7 cm³/mol. The molecule has 0 aliphatic carbocycles. The van der Waals surface area contributed by atoms with Gasteiger partial charge in [0.15, 0.2) is 0 Å². The molecule has 0 saturated carbocycles. The molecule has 1 atom stereocenters. The van der Waals surface area contributed by atoms with Crippen molar-refractivity contribution >= 4 is 0 Å². The Morgan fingerprint density at radius 2 is 1.64 bits per heavy atom. The molecule has 0 saturated heterocycles. The van der Waals surface area contributed by atoms with E-state index in [9.17, 15) is 0 Å². The Morgan fingerprint density at radius 1 is 1.07 bits per heavy atom. The highest BCUT2D eigenvalue weighted by Crippen LogP contribution is 2.21. The Kier molecular flexibility index (Phi) is 7.20. The summed E-state index contributed by atoms with van der Waals surface area (Å²) in [6.07, 6.45) is 1.25. The van der Waals surface area contributed by atoms with Crippen LogP contribution in [0.25, 0.3) is 0 Å². The van der Waals surface area contributed by atoms with Crippen LogP contribution in [0, 0.1) is 5.41 Å². The SMILES string of the molecule is CCNCC(C)(CC)CN(CC)CC. The summed E-state index contributed by atoms with van der Waals surface area (Å²) in [7, 11) is 0. The third kappa shape index (κ3) is 4.97. The standard InChI is InChI=1S/C12H28N2/c1-6-12(5,10-13-7-2)11-14(8-3)9-4/h13H,6-11H2,1-5H3. The van der Waals surface area contributed by atoms with Crippen LogP contribution in [-0.4, -0.2) is 37.6 Å². The second-order valence-corrected chi connectivity index (χ2v) is 4.41. The van der Waals surface area contributed by atoms with Gasteiger partial charge in [-0.05, 0) is 31.5 Å². The topological polar surface area (TPSA) is 15.3 Å². The van der Waals surface area contributed by atoms with Crippen molar-refractivity contribution in [1.29, 1.82) is 0 Å². The van der Waals surface area contributed by atoms with Crippen LogP contribution >= 0.6 is 0 Å². The molecule has 0 aromatic heterocycles. The van der Waals surface area contributed by atoms with Gasteiger partial charge in [-0.3, -0.25) is 0 Å². The maximum atomic E-state index is 3.47. The van der Waals surface area contributed by atoms with E-state index in [1.165, 1.54) is 13.0 Å². The van der Waals surface area contributed by atoms with E-state index in [0.717, 1.165) is 26.2 Å². The average Bonchev–Trinajstić information content (AvgIpc) is 2.23. The van der Waals surface area contributed by atoms with E-state index in [-0.39, 0.29) is 0 Å². The van der Waals surface area contributed by atoms with Crippen molar-refractivity contribution in [2.24, 2.45) is 5.41 Å². The molecule has 14 heavy (non-hydrogen) atoms. The third-order valence-electron chi connectivity index (χ3n) is 3.16. The highest BCUT2D eigenvalue weighted by atomic mass is 15.1. The molecule has 0 aliphatic rings. The first-order chi connectivity index (χ1) is 6.61. The molecule has 0 heterocycles. The maximum absolute atomic E-state index is 3.47. The quantitative estimate of drug-likeness (QED) is 0.647. The minimum atomic E-state index is 0.433. The molecular weight excluding hydrogens is 172 g/mol. The van der Waals surface area contributed by atoms with Crippen LogP contribution in [0.3, 0.4) is 0 Å². The number of nitrogens with zero attached hydrogens (tertiary/aromatic N) is 1. The van der Waals surface area contributed by atoms with Gasteiger partial charge in [-0.15, -0.1) is 0 Å². The minimum absolute atomic E-state index is 0.433. The first kappa shape index (κ1) is 13.9. The van der Waals surface area contributed by atoms with Crippen molar-refractivity contribution in [3.05, 3.63) is 0 Å². The van der Waals surface area contributed by atoms with Crippen LogP contribution in [0.15, 0.2) is 0 Å². The van der Waals surface area contributed by atoms with Crippen molar-refractivity contribution in [3.8, 4) is 0 Å². The number of nitrogens with one attached hydrogen (secondary N) is 1. The van der Waals surface area contributed by atoms with Gasteiger partial charge in [0.05, 0.1) is 0 Å². The monoisotopic (exact) mass is 200 g/mol. The van der Waals surface area contributed by atoms with Gasteiger partial charge in [0.25, 0.3) is 0 Å². The number of hydrogen-bond acceptors (Lipinski definition) is 2. The predicted octanol–water partition coefficient (Wildman–Crippen LogP) is 2.35. The van der Waals surface area contributed by atoms with E-state index < -0.39 is 0 Å². The molecule has 0 rings (SSSR count). The molecule has 0 amide bonds. The summed E-state index contributed by atoms with van der Waals surface area (Å²) in [4.78, 5) is 2.51. The van der Waals surface area contributed by atoms with Crippen molar-refractivity contribution in [2.75, 3.05) is 32.7 Å². The zero-order valence-corrected chi connectivity index (χ0v) is 10.7. The molecule has 0 fully saturated rings. The van der Waals surface area contributed by atoms with Crippen molar-refractivity contribution < 1.29 is 0 Å². The lowest BCUT2D eigenvalue weighted by molar-refractivity contribution is 0.167. The van der Waals surface area contributed by atoms with Crippen molar-refractivity contribution in [2.45, 2.75) is 41.0 Å². The zero-order chi connectivity index (χ0) is 11.0. The zero-order valence-electron chi connectivity index (χ0n) is 10.7. The van der Waals surface area contributed by atoms with Gasteiger partial charge in [0, 0.05) is 13.1 Å². The van der Waals surface area contributed by atoms with Crippen molar-refractivity contribution in [3.63, 3.8) is 0 Å². The van der Waals surface area contributed by atoms with Gasteiger partial charge in [0.1, 0.15) is 0 Å². The fourth-order valence-electron chi connectivity index (χ4n) is 1.71. The lowest BCUT2D eigenvalue weighted by Crippen LogP contribution is -2.42. The Hall–Kier alpha value is -0.0800. The normalized spacial score (nSPS) is 15.9. The van der Waals surface area contributed by atoms with E-state index in [2.05, 4.69) is 44.8 Å². The highest BCUT2D eigenvalue weighted by molar-refractivity contribution is 4.78. The van der Waals surface area contributed by atoms with Gasteiger partial charge in [-0.1, -0.05) is 34.6 Å². The van der Waals surface area contributed by atoms with Crippen LogP contribution in [0.1, 0.15) is 41.0 Å². The Bertz CT molecular complexity index is 132. The fraction of sp³-hybridized carbons (Fsp3) is 1.00. The summed E-state index contributed by atoms with van der Waals surface area (Å²) in [6, 6.07) is 0. The van der Waals surface area contributed by atoms with Gasteiger partial charge in [-0.2, -0.15) is 0 Å². The van der Waals surface area contributed by atoms with Gasteiger partial charge in [0.2, 0.25) is 0 Å². The second-order valence-electron chi connectivity index (χ2n) is 4.41. The van der Waals surface area contributed by atoms with Crippen LogP contribution in [-0.2, 0) is 0 Å². The molecule has 2 heteroatoms. The number of rotatable bonds is 8. The van der Waals surface area contributed by atoms with E-state index in [1.807, 2.05) is 0 Å². The highest BCUT2D eigenvalue weighted by Gasteiger charge is 2.23. The van der Waals surface area contributed by atoms with E-state index in [0.29, 0.717) is 5.41 Å². The average molecular weight is 200 g/mol. The van der Waals surface area contributed by atoms with E-state index in [1.54, 1.807) is 0 Å². The summed E-state index contributed by atoms with van der Waals surface area (Å²) >= 11 is 0. The Labute approximate surface area is 90.1 Å². The summed E-state index contributed by atoms with van der Waals surface area (Å²) in [5, 5.41) is 3.47. The summed E-state index contributed by atoms with van der Waals surface area (Å²) < 4.78 is 0.